The highest BCUT2D eigenvalue weighted by molar-refractivity contribution is 5.84. The molecule has 0 saturated carbocycles. The Morgan fingerprint density at radius 3 is 2.48 bits per heavy atom. The molecular weight excluding hydrogens is 362 g/mol. The first kappa shape index (κ1) is 20.5. The van der Waals surface area contributed by atoms with E-state index in [-0.39, 0.29) is 0 Å². The highest BCUT2D eigenvalue weighted by atomic mass is 16.6. The second-order valence-corrected chi connectivity index (χ2v) is 8.73. The molecule has 4 rings (SSSR count). The minimum Gasteiger partial charge on any atom is -0.354 e. The van der Waals surface area contributed by atoms with Crippen molar-refractivity contribution in [2.24, 2.45) is 0 Å². The van der Waals surface area contributed by atoms with E-state index in [1.807, 2.05) is 0 Å². The fourth-order valence-corrected chi connectivity index (χ4v) is 4.25. The SMILES string of the molecule is Cc1cc(N2CCN(C)CC2)nc2ccc(CCONC3CCN(C)CC3)cc12. The lowest BCUT2D eigenvalue weighted by Gasteiger charge is -2.33. The van der Waals surface area contributed by atoms with E-state index in [0.29, 0.717) is 12.6 Å². The van der Waals surface area contributed by atoms with E-state index in [4.69, 9.17) is 9.82 Å². The van der Waals surface area contributed by atoms with Gasteiger partial charge in [-0.15, -0.1) is 0 Å². The summed E-state index contributed by atoms with van der Waals surface area (Å²) in [6.07, 6.45) is 3.23. The van der Waals surface area contributed by atoms with Gasteiger partial charge in [-0.3, -0.25) is 0 Å². The molecule has 0 spiro atoms. The van der Waals surface area contributed by atoms with Crippen LogP contribution >= 0.6 is 0 Å². The lowest BCUT2D eigenvalue weighted by atomic mass is 10.0. The molecule has 3 heterocycles. The summed E-state index contributed by atoms with van der Waals surface area (Å²) < 4.78 is 0. The lowest BCUT2D eigenvalue weighted by Crippen LogP contribution is -2.44. The van der Waals surface area contributed by atoms with Crippen molar-refractivity contribution < 1.29 is 4.84 Å². The summed E-state index contributed by atoms with van der Waals surface area (Å²) in [4.78, 5) is 17.9. The number of likely N-dealkylation sites (N-methyl/N-ethyl adjacent to an activating group) is 1. The number of nitrogens with zero attached hydrogens (tertiary/aromatic N) is 4. The second-order valence-electron chi connectivity index (χ2n) is 8.73. The number of rotatable bonds is 6. The molecule has 1 aromatic carbocycles. The van der Waals surface area contributed by atoms with Crippen molar-refractivity contribution >= 4 is 16.7 Å². The third kappa shape index (κ3) is 5.25. The molecule has 1 N–H and O–H groups in total. The summed E-state index contributed by atoms with van der Waals surface area (Å²) >= 11 is 0. The molecule has 0 bridgehead atoms. The number of nitrogens with one attached hydrogen (secondary N) is 1. The lowest BCUT2D eigenvalue weighted by molar-refractivity contribution is 0.00300. The van der Waals surface area contributed by atoms with E-state index in [2.05, 4.69) is 65.5 Å². The number of piperazine rings is 1. The van der Waals surface area contributed by atoms with Crippen LogP contribution in [0.1, 0.15) is 24.0 Å². The minimum atomic E-state index is 0.488. The second kappa shape index (κ2) is 9.39. The molecule has 2 fully saturated rings. The number of fused-ring (bicyclic) bond motifs is 1. The maximum atomic E-state index is 5.77. The van der Waals surface area contributed by atoms with Gasteiger partial charge in [0.1, 0.15) is 5.82 Å². The standard InChI is InChI=1S/C23H35N5O/c1-18-16-23(28-13-11-27(3)12-14-28)24-22-5-4-19(17-21(18)22)8-15-29-25-20-6-9-26(2)10-7-20/h4-5,16-17,20,25H,6-15H2,1-3H3. The van der Waals surface area contributed by atoms with Crippen LogP contribution in [0.4, 0.5) is 5.82 Å². The topological polar surface area (TPSA) is 43.9 Å². The number of likely N-dealkylation sites (tertiary alicyclic amines) is 1. The summed E-state index contributed by atoms with van der Waals surface area (Å²) in [5.74, 6) is 1.11. The summed E-state index contributed by atoms with van der Waals surface area (Å²) in [5, 5.41) is 1.25. The number of aryl methyl sites for hydroxylation is 1. The maximum absolute atomic E-state index is 5.77. The number of hydrogen-bond donors (Lipinski definition) is 1. The van der Waals surface area contributed by atoms with E-state index >= 15 is 0 Å². The van der Waals surface area contributed by atoms with Crippen molar-refractivity contribution in [1.82, 2.24) is 20.3 Å². The molecule has 2 aliphatic rings. The molecular formula is C23H35N5O. The van der Waals surface area contributed by atoms with Gasteiger partial charge in [0, 0.05) is 37.6 Å². The van der Waals surface area contributed by atoms with Gasteiger partial charge in [-0.05, 0) is 82.7 Å². The monoisotopic (exact) mass is 397 g/mol. The molecule has 158 valence electrons. The first-order valence-electron chi connectivity index (χ1n) is 11.0. The Balaban J connectivity index is 1.34. The molecule has 0 radical (unpaired) electrons. The number of hydrogen-bond acceptors (Lipinski definition) is 6. The Kier molecular flexibility index (Phi) is 6.65. The Bertz CT molecular complexity index is 810. The van der Waals surface area contributed by atoms with Crippen LogP contribution in [-0.4, -0.2) is 80.8 Å². The fraction of sp³-hybridized carbons (Fsp3) is 0.609. The van der Waals surface area contributed by atoms with Gasteiger partial charge < -0.3 is 19.5 Å². The van der Waals surface area contributed by atoms with E-state index in [1.54, 1.807) is 0 Å². The van der Waals surface area contributed by atoms with Gasteiger partial charge in [0.05, 0.1) is 12.1 Å². The Morgan fingerprint density at radius 2 is 1.72 bits per heavy atom. The molecule has 0 amide bonds. The molecule has 2 aliphatic heterocycles. The molecule has 29 heavy (non-hydrogen) atoms. The van der Waals surface area contributed by atoms with E-state index in [1.165, 1.54) is 16.5 Å². The van der Waals surface area contributed by atoms with Gasteiger partial charge in [-0.2, -0.15) is 5.48 Å². The minimum absolute atomic E-state index is 0.488. The van der Waals surface area contributed by atoms with Crippen molar-refractivity contribution in [3.63, 3.8) is 0 Å². The van der Waals surface area contributed by atoms with Crippen LogP contribution in [0.5, 0.6) is 0 Å². The van der Waals surface area contributed by atoms with Crippen LogP contribution in [0.15, 0.2) is 24.3 Å². The van der Waals surface area contributed by atoms with Crippen molar-refractivity contribution in [2.45, 2.75) is 32.2 Å². The zero-order valence-corrected chi connectivity index (χ0v) is 18.2. The van der Waals surface area contributed by atoms with Gasteiger partial charge in [0.25, 0.3) is 0 Å². The molecule has 6 nitrogen and oxygen atoms in total. The zero-order chi connectivity index (χ0) is 20.2. The van der Waals surface area contributed by atoms with Crippen LogP contribution in [0.2, 0.25) is 0 Å². The fourth-order valence-electron chi connectivity index (χ4n) is 4.25. The number of aromatic nitrogens is 1. The quantitative estimate of drug-likeness (QED) is 0.597. The van der Waals surface area contributed by atoms with Crippen molar-refractivity contribution in [3.05, 3.63) is 35.4 Å². The van der Waals surface area contributed by atoms with E-state index < -0.39 is 0 Å². The predicted molar refractivity (Wildman–Crippen MR) is 120 cm³/mol. The third-order valence-corrected chi connectivity index (χ3v) is 6.36. The van der Waals surface area contributed by atoms with Gasteiger partial charge in [0.2, 0.25) is 0 Å². The van der Waals surface area contributed by atoms with Gasteiger partial charge in [-0.25, -0.2) is 4.98 Å². The molecule has 0 atom stereocenters. The predicted octanol–water partition coefficient (Wildman–Crippen LogP) is 2.45. The Hall–Kier alpha value is -1.73. The normalized spacial score (nSPS) is 19.9. The number of anilines is 1. The highest BCUT2D eigenvalue weighted by Gasteiger charge is 2.17. The average Bonchev–Trinajstić information content (AvgIpc) is 2.73. The van der Waals surface area contributed by atoms with E-state index in [0.717, 1.165) is 69.9 Å². The largest absolute Gasteiger partial charge is 0.354 e. The van der Waals surface area contributed by atoms with Gasteiger partial charge >= 0.3 is 0 Å². The van der Waals surface area contributed by atoms with Crippen LogP contribution < -0.4 is 10.4 Å². The summed E-state index contributed by atoms with van der Waals surface area (Å²) in [6.45, 7) is 9.49. The van der Waals surface area contributed by atoms with Gasteiger partial charge in [0.15, 0.2) is 0 Å². The van der Waals surface area contributed by atoms with Gasteiger partial charge in [-0.1, -0.05) is 6.07 Å². The molecule has 2 aromatic rings. The van der Waals surface area contributed by atoms with Crippen LogP contribution in [-0.2, 0) is 11.3 Å². The number of piperidine rings is 1. The molecule has 2 saturated heterocycles. The zero-order valence-electron chi connectivity index (χ0n) is 18.2. The summed E-state index contributed by atoms with van der Waals surface area (Å²) in [7, 11) is 4.37. The highest BCUT2D eigenvalue weighted by Crippen LogP contribution is 2.24. The maximum Gasteiger partial charge on any atom is 0.129 e. The number of hydroxylamine groups is 1. The Morgan fingerprint density at radius 1 is 1.00 bits per heavy atom. The number of benzene rings is 1. The molecule has 6 heteroatoms. The molecule has 0 unspecified atom stereocenters. The van der Waals surface area contributed by atoms with Crippen LogP contribution in [0.3, 0.4) is 0 Å². The first-order chi connectivity index (χ1) is 14.1. The first-order valence-corrected chi connectivity index (χ1v) is 11.0. The average molecular weight is 398 g/mol. The Labute approximate surface area is 174 Å². The van der Waals surface area contributed by atoms with Crippen LogP contribution in [0, 0.1) is 6.92 Å². The summed E-state index contributed by atoms with van der Waals surface area (Å²) in [6, 6.07) is 9.38. The van der Waals surface area contributed by atoms with E-state index in [9.17, 15) is 0 Å². The van der Waals surface area contributed by atoms with Crippen molar-refractivity contribution in [3.8, 4) is 0 Å². The summed E-state index contributed by atoms with van der Waals surface area (Å²) in [5.41, 5.74) is 6.96. The smallest absolute Gasteiger partial charge is 0.129 e. The van der Waals surface area contributed by atoms with Crippen LogP contribution in [0.25, 0.3) is 10.9 Å². The molecule has 1 aromatic heterocycles. The van der Waals surface area contributed by atoms with Crippen molar-refractivity contribution in [1.29, 1.82) is 0 Å². The van der Waals surface area contributed by atoms with Crippen molar-refractivity contribution in [2.75, 3.05) is 64.9 Å². The third-order valence-electron chi connectivity index (χ3n) is 6.36. The molecule has 0 aliphatic carbocycles. The number of pyridine rings is 1.